The van der Waals surface area contributed by atoms with Crippen LogP contribution in [0.5, 0.6) is 5.75 Å². The van der Waals surface area contributed by atoms with Crippen LogP contribution < -0.4 is 4.74 Å². The maximum Gasteiger partial charge on any atom is 0.328 e. The summed E-state index contributed by atoms with van der Waals surface area (Å²) in [6.07, 6.45) is 5.13. The van der Waals surface area contributed by atoms with Crippen molar-refractivity contribution in [2.75, 3.05) is 39.9 Å². The first kappa shape index (κ1) is 29.8. The lowest BCUT2D eigenvalue weighted by atomic mass is 9.94. The Morgan fingerprint density at radius 2 is 1.82 bits per heavy atom. The standard InChI is InChI=1S/C29H38F2N4O5/c1-4-29(31,5-2)18-34-10-8-19(9-11-34)17-40-22-14-32-26(33-15-22)20-6-7-23(24(30)12-20)27(37)35-16-21(36)13-25(35)28(38)39-3/h6-7,12,14-15,19,21,25,36H,4-5,8-11,13,16-18H2,1-3H3/t21-,25+/m1/s1. The van der Waals surface area contributed by atoms with Crippen molar-refractivity contribution in [3.8, 4) is 17.1 Å². The van der Waals surface area contributed by atoms with Crippen LogP contribution in [0.15, 0.2) is 30.6 Å². The van der Waals surface area contributed by atoms with Gasteiger partial charge in [-0.2, -0.15) is 0 Å². The van der Waals surface area contributed by atoms with Crippen LogP contribution in [0.4, 0.5) is 8.78 Å². The summed E-state index contributed by atoms with van der Waals surface area (Å²) in [5, 5.41) is 9.93. The number of nitrogens with zero attached hydrogens (tertiary/aromatic N) is 4. The van der Waals surface area contributed by atoms with Gasteiger partial charge in [-0.05, 0) is 56.8 Å². The highest BCUT2D eigenvalue weighted by molar-refractivity contribution is 5.97. The topological polar surface area (TPSA) is 105 Å². The molecule has 9 nitrogen and oxygen atoms in total. The van der Waals surface area contributed by atoms with Crippen LogP contribution >= 0.6 is 0 Å². The molecule has 0 spiro atoms. The highest BCUT2D eigenvalue weighted by atomic mass is 19.1. The van der Waals surface area contributed by atoms with Gasteiger partial charge in [0.15, 0.2) is 11.6 Å². The summed E-state index contributed by atoms with van der Waals surface area (Å²) in [4.78, 5) is 36.9. The second-order valence-corrected chi connectivity index (χ2v) is 10.7. The van der Waals surface area contributed by atoms with Crippen LogP contribution in [0, 0.1) is 11.7 Å². The molecule has 2 aliphatic rings. The molecule has 0 aliphatic carbocycles. The predicted octanol–water partition coefficient (Wildman–Crippen LogP) is 3.65. The molecule has 40 heavy (non-hydrogen) atoms. The van der Waals surface area contributed by atoms with E-state index < -0.39 is 35.5 Å². The normalized spacial score (nSPS) is 20.5. The first-order valence-electron chi connectivity index (χ1n) is 13.9. The van der Waals surface area contributed by atoms with Crippen LogP contribution in [0.3, 0.4) is 0 Å². The number of aliphatic hydroxyl groups is 1. The Kier molecular flexibility index (Phi) is 9.68. The van der Waals surface area contributed by atoms with Crippen molar-refractivity contribution >= 4 is 11.9 Å². The quantitative estimate of drug-likeness (QED) is 0.439. The smallest absolute Gasteiger partial charge is 0.328 e. The van der Waals surface area contributed by atoms with Crippen LogP contribution in [0.25, 0.3) is 11.4 Å². The van der Waals surface area contributed by atoms with Gasteiger partial charge in [-0.25, -0.2) is 23.5 Å². The van der Waals surface area contributed by atoms with Crippen molar-refractivity contribution in [2.24, 2.45) is 5.92 Å². The minimum Gasteiger partial charge on any atom is -0.490 e. The fraction of sp³-hybridized carbons (Fsp3) is 0.586. The van der Waals surface area contributed by atoms with E-state index in [0.29, 0.717) is 43.2 Å². The van der Waals surface area contributed by atoms with E-state index in [9.17, 15) is 23.5 Å². The SMILES string of the molecule is CCC(F)(CC)CN1CCC(COc2cnc(-c3ccc(C(=O)N4C[C@H](O)C[C@H]4C(=O)OC)c(F)c3)nc2)CC1. The van der Waals surface area contributed by atoms with E-state index in [2.05, 4.69) is 14.9 Å². The Morgan fingerprint density at radius 3 is 2.42 bits per heavy atom. The van der Waals surface area contributed by atoms with Crippen LogP contribution in [-0.4, -0.2) is 94.5 Å². The van der Waals surface area contributed by atoms with Gasteiger partial charge in [-0.15, -0.1) is 0 Å². The van der Waals surface area contributed by atoms with Crippen LogP contribution in [-0.2, 0) is 9.53 Å². The molecule has 2 aromatic rings. The van der Waals surface area contributed by atoms with E-state index in [4.69, 9.17) is 9.47 Å². The van der Waals surface area contributed by atoms with Gasteiger partial charge in [0.2, 0.25) is 0 Å². The largest absolute Gasteiger partial charge is 0.490 e. The summed E-state index contributed by atoms with van der Waals surface area (Å²) in [5.74, 6) is -1.02. The maximum absolute atomic E-state index is 15.0. The average Bonchev–Trinajstić information content (AvgIpc) is 3.37. The number of aliphatic hydroxyl groups excluding tert-OH is 1. The van der Waals surface area contributed by atoms with Crippen molar-refractivity contribution in [1.29, 1.82) is 0 Å². The number of benzene rings is 1. The van der Waals surface area contributed by atoms with Gasteiger partial charge < -0.3 is 24.4 Å². The number of aromatic nitrogens is 2. The fourth-order valence-electron chi connectivity index (χ4n) is 5.32. The van der Waals surface area contributed by atoms with Crippen LogP contribution in [0.2, 0.25) is 0 Å². The van der Waals surface area contributed by atoms with E-state index >= 15 is 0 Å². The van der Waals surface area contributed by atoms with E-state index in [1.807, 2.05) is 13.8 Å². The maximum atomic E-state index is 15.0. The summed E-state index contributed by atoms with van der Waals surface area (Å²) in [6.45, 7) is 6.40. The predicted molar refractivity (Wildman–Crippen MR) is 144 cm³/mol. The number of methoxy groups -OCH3 is 1. The summed E-state index contributed by atoms with van der Waals surface area (Å²) >= 11 is 0. The Bertz CT molecular complexity index is 1170. The molecule has 2 atom stereocenters. The Hall–Kier alpha value is -3.18. The number of likely N-dealkylation sites (tertiary alicyclic amines) is 2. The lowest BCUT2D eigenvalue weighted by Crippen LogP contribution is -2.44. The molecule has 1 aromatic carbocycles. The van der Waals surface area contributed by atoms with Gasteiger partial charge in [0.25, 0.3) is 5.91 Å². The molecule has 1 amide bonds. The van der Waals surface area contributed by atoms with E-state index in [1.165, 1.54) is 37.7 Å². The molecule has 218 valence electrons. The van der Waals surface area contributed by atoms with Gasteiger partial charge in [0.05, 0.1) is 37.8 Å². The molecule has 0 unspecified atom stereocenters. The van der Waals surface area contributed by atoms with Gasteiger partial charge in [0.1, 0.15) is 17.5 Å². The van der Waals surface area contributed by atoms with Crippen molar-refractivity contribution in [3.05, 3.63) is 42.0 Å². The lowest BCUT2D eigenvalue weighted by Gasteiger charge is -2.36. The molecule has 2 saturated heterocycles. The Labute approximate surface area is 233 Å². The van der Waals surface area contributed by atoms with Gasteiger partial charge >= 0.3 is 5.97 Å². The second-order valence-electron chi connectivity index (χ2n) is 10.7. The number of hydrogen-bond donors (Lipinski definition) is 1. The van der Waals surface area contributed by atoms with Crippen molar-refractivity contribution < 1.29 is 33.0 Å². The molecule has 0 saturated carbocycles. The molecule has 2 fully saturated rings. The summed E-state index contributed by atoms with van der Waals surface area (Å²) in [5.41, 5.74) is -0.965. The summed E-state index contributed by atoms with van der Waals surface area (Å²) < 4.78 is 40.3. The second kappa shape index (κ2) is 13.0. The summed E-state index contributed by atoms with van der Waals surface area (Å²) in [7, 11) is 1.20. The molecule has 3 heterocycles. The zero-order valence-corrected chi connectivity index (χ0v) is 23.3. The number of carbonyl (C=O) groups excluding carboxylic acids is 2. The number of ether oxygens (including phenoxy) is 2. The zero-order chi connectivity index (χ0) is 28.9. The highest BCUT2D eigenvalue weighted by Crippen LogP contribution is 2.27. The third-order valence-corrected chi connectivity index (χ3v) is 8.07. The number of alkyl halides is 1. The number of esters is 1. The first-order chi connectivity index (χ1) is 19.2. The Morgan fingerprint density at radius 1 is 1.15 bits per heavy atom. The van der Waals surface area contributed by atoms with Crippen molar-refractivity contribution in [1.82, 2.24) is 19.8 Å². The number of amides is 1. The molecule has 0 radical (unpaired) electrons. The molecule has 11 heteroatoms. The minimum atomic E-state index is -1.12. The first-order valence-corrected chi connectivity index (χ1v) is 13.9. The number of rotatable bonds is 10. The van der Waals surface area contributed by atoms with Gasteiger partial charge in [0, 0.05) is 25.1 Å². The van der Waals surface area contributed by atoms with E-state index in [1.54, 1.807) is 0 Å². The van der Waals surface area contributed by atoms with Crippen molar-refractivity contribution in [2.45, 2.75) is 63.8 Å². The molecule has 4 rings (SSSR count). The van der Waals surface area contributed by atoms with E-state index in [0.717, 1.165) is 30.8 Å². The molecule has 1 N–H and O–H groups in total. The van der Waals surface area contributed by atoms with Crippen molar-refractivity contribution in [3.63, 3.8) is 0 Å². The third kappa shape index (κ3) is 6.93. The number of hydrogen-bond acceptors (Lipinski definition) is 8. The zero-order valence-electron chi connectivity index (χ0n) is 23.3. The van der Waals surface area contributed by atoms with Gasteiger partial charge in [-0.3, -0.25) is 4.79 Å². The third-order valence-electron chi connectivity index (χ3n) is 8.07. The summed E-state index contributed by atoms with van der Waals surface area (Å²) in [6, 6.07) is 3.05. The number of halogens is 2. The van der Waals surface area contributed by atoms with Gasteiger partial charge in [-0.1, -0.05) is 19.9 Å². The van der Waals surface area contributed by atoms with Crippen LogP contribution in [0.1, 0.15) is 56.3 Å². The molecule has 0 bridgehead atoms. The Balaban J connectivity index is 1.31. The average molecular weight is 561 g/mol. The number of β-amino-alcohol motifs (C(OH)–C–C–N with tert-alkyl or cyclic N) is 1. The molecular formula is C29H38F2N4O5. The highest BCUT2D eigenvalue weighted by Gasteiger charge is 2.40. The molecule has 1 aromatic heterocycles. The molecule has 2 aliphatic heterocycles. The fourth-order valence-corrected chi connectivity index (χ4v) is 5.32. The number of piperidine rings is 1. The molecular weight excluding hydrogens is 522 g/mol. The monoisotopic (exact) mass is 560 g/mol. The minimum absolute atomic E-state index is 0.0389. The lowest BCUT2D eigenvalue weighted by molar-refractivity contribution is -0.145. The van der Waals surface area contributed by atoms with E-state index in [-0.39, 0.29) is 24.4 Å². The number of carbonyl (C=O) groups is 2.